The number of fused-ring (bicyclic) bond motifs is 2. The molecule has 180 valence electrons. The molecule has 0 saturated heterocycles. The molecule has 1 N–H and O–H groups in total. The number of rotatable bonds is 4. The van der Waals surface area contributed by atoms with E-state index in [2.05, 4.69) is 5.32 Å². The smallest absolute Gasteiger partial charge is 0.255 e. The number of aryl methyl sites for hydroxylation is 1. The Bertz CT molecular complexity index is 1440. The predicted molar refractivity (Wildman–Crippen MR) is 136 cm³/mol. The summed E-state index contributed by atoms with van der Waals surface area (Å²) in [6.45, 7) is 2.36. The fourth-order valence-corrected chi connectivity index (χ4v) is 5.29. The number of nitrogens with one attached hydrogen (secondary N) is 1. The third kappa shape index (κ3) is 4.09. The van der Waals surface area contributed by atoms with Crippen LogP contribution < -0.4 is 15.0 Å². The number of hydrogen-bond donors (Lipinski definition) is 1. The van der Waals surface area contributed by atoms with Gasteiger partial charge in [0.15, 0.2) is 0 Å². The van der Waals surface area contributed by atoms with Gasteiger partial charge < -0.3 is 15.0 Å². The van der Waals surface area contributed by atoms with Crippen LogP contribution in [0.1, 0.15) is 34.1 Å². The van der Waals surface area contributed by atoms with E-state index in [9.17, 15) is 9.18 Å². The van der Waals surface area contributed by atoms with E-state index >= 15 is 0 Å². The minimum atomic E-state index is -0.513. The maximum Gasteiger partial charge on any atom is 0.255 e. The highest BCUT2D eigenvalue weighted by molar-refractivity contribution is 6.39. The Hall–Kier alpha value is -3.29. The highest BCUT2D eigenvalue weighted by Crippen LogP contribution is 2.41. The van der Waals surface area contributed by atoms with Crippen LogP contribution in [0.25, 0.3) is 16.6 Å². The Morgan fingerprint density at radius 2 is 1.86 bits per heavy atom. The van der Waals surface area contributed by atoms with E-state index in [0.29, 0.717) is 46.7 Å². The molecule has 0 spiro atoms. The maximum absolute atomic E-state index is 13.8. The molecule has 0 fully saturated rings. The molecule has 1 aliphatic rings. The first-order valence-corrected chi connectivity index (χ1v) is 11.9. The fraction of sp³-hybridized carbons (Fsp3) is 0.231. The minimum absolute atomic E-state index is 0.162. The van der Waals surface area contributed by atoms with Crippen LogP contribution in [0.3, 0.4) is 0 Å². The van der Waals surface area contributed by atoms with Crippen molar-refractivity contribution in [1.29, 1.82) is 0 Å². The first-order valence-electron chi connectivity index (χ1n) is 11.1. The monoisotopic (exact) mass is 512 g/mol. The number of amides is 1. The molecular weight excluding hydrogens is 490 g/mol. The molecule has 9 heteroatoms. The minimum Gasteiger partial charge on any atom is -0.493 e. The third-order valence-corrected chi connectivity index (χ3v) is 6.73. The number of nitrogens with zero attached hydrogens (tertiary/aromatic N) is 3. The van der Waals surface area contributed by atoms with Crippen molar-refractivity contribution in [2.24, 2.45) is 0 Å². The lowest BCUT2D eigenvalue weighted by Crippen LogP contribution is -2.33. The van der Waals surface area contributed by atoms with Gasteiger partial charge in [-0.3, -0.25) is 4.79 Å². The number of carbonyl (C=O) groups excluding carboxylic acids is 1. The van der Waals surface area contributed by atoms with E-state index < -0.39 is 5.82 Å². The average Bonchev–Trinajstić information content (AvgIpc) is 3.13. The molecule has 1 aliphatic heterocycles. The molecule has 1 atom stereocenters. The molecule has 0 saturated carbocycles. The summed E-state index contributed by atoms with van der Waals surface area (Å²) in [6.07, 6.45) is 0.675. The summed E-state index contributed by atoms with van der Waals surface area (Å²) in [4.78, 5) is 15.3. The first kappa shape index (κ1) is 23.5. The van der Waals surface area contributed by atoms with Gasteiger partial charge in [0.05, 0.1) is 39.5 Å². The summed E-state index contributed by atoms with van der Waals surface area (Å²) in [7, 11) is 3.70. The summed E-state index contributed by atoms with van der Waals surface area (Å²) >= 11 is 12.8. The number of benzene rings is 2. The van der Waals surface area contributed by atoms with Gasteiger partial charge in [-0.2, -0.15) is 5.10 Å². The Morgan fingerprint density at radius 1 is 1.14 bits per heavy atom. The lowest BCUT2D eigenvalue weighted by molar-refractivity contribution is 0.0925. The van der Waals surface area contributed by atoms with E-state index in [1.54, 1.807) is 10.6 Å². The Labute approximate surface area is 212 Å². The number of hydrogen-bond acceptors (Lipinski definition) is 4. The molecule has 4 aromatic rings. The van der Waals surface area contributed by atoms with Gasteiger partial charge in [-0.15, -0.1) is 0 Å². The van der Waals surface area contributed by atoms with Crippen molar-refractivity contribution in [3.05, 3.63) is 81.2 Å². The van der Waals surface area contributed by atoms with Crippen LogP contribution in [0.5, 0.6) is 5.75 Å². The van der Waals surface area contributed by atoms with Crippen LogP contribution >= 0.6 is 23.2 Å². The van der Waals surface area contributed by atoms with Crippen molar-refractivity contribution in [2.45, 2.75) is 19.4 Å². The standard InChI is InChI=1S/C26H23Cl2FN4O2/c1-14-23(24-18(27)12-15(29)13-19(24)28)21-9-8-17(26(32(2)3)33(21)31-14)25(34)30-20-10-11-35-22-7-5-4-6-16(20)22/h4-9,12-13,20H,10-11H2,1-3H3,(H,30,34)/t20-/m0/s1. The lowest BCUT2D eigenvalue weighted by Gasteiger charge is -2.27. The zero-order valence-electron chi connectivity index (χ0n) is 19.4. The lowest BCUT2D eigenvalue weighted by atomic mass is 10.00. The van der Waals surface area contributed by atoms with Gasteiger partial charge >= 0.3 is 0 Å². The first-order chi connectivity index (χ1) is 16.8. The number of aromatic nitrogens is 2. The number of anilines is 1. The van der Waals surface area contributed by atoms with Crippen molar-refractivity contribution in [1.82, 2.24) is 14.9 Å². The van der Waals surface area contributed by atoms with E-state index in [1.165, 1.54) is 12.1 Å². The summed E-state index contributed by atoms with van der Waals surface area (Å²) in [5, 5.41) is 8.25. The quantitative estimate of drug-likeness (QED) is 0.360. The molecule has 0 aliphatic carbocycles. The molecular formula is C26H23Cl2FN4O2. The summed E-state index contributed by atoms with van der Waals surface area (Å²) < 4.78 is 21.2. The second-order valence-corrected chi connectivity index (χ2v) is 9.48. The highest BCUT2D eigenvalue weighted by Gasteiger charge is 2.27. The number of ether oxygens (including phenoxy) is 1. The van der Waals surface area contributed by atoms with Crippen LogP contribution in [0.4, 0.5) is 10.2 Å². The molecule has 6 nitrogen and oxygen atoms in total. The average molecular weight is 513 g/mol. The molecule has 0 bridgehead atoms. The van der Waals surface area contributed by atoms with E-state index in [4.69, 9.17) is 33.0 Å². The Morgan fingerprint density at radius 3 is 2.57 bits per heavy atom. The van der Waals surface area contributed by atoms with E-state index in [1.807, 2.05) is 56.3 Å². The zero-order chi connectivity index (χ0) is 24.9. The van der Waals surface area contributed by atoms with Crippen LogP contribution in [-0.4, -0.2) is 36.2 Å². The molecule has 3 heterocycles. The number of carbonyl (C=O) groups is 1. The van der Waals surface area contributed by atoms with Crippen molar-refractivity contribution in [3.63, 3.8) is 0 Å². The largest absolute Gasteiger partial charge is 0.493 e. The molecule has 5 rings (SSSR count). The van der Waals surface area contributed by atoms with Crippen molar-refractivity contribution < 1.29 is 13.9 Å². The molecule has 0 radical (unpaired) electrons. The predicted octanol–water partition coefficient (Wildman–Crippen LogP) is 6.08. The normalized spacial score (nSPS) is 15.0. The van der Waals surface area contributed by atoms with Crippen molar-refractivity contribution in [3.8, 4) is 16.9 Å². The Balaban J connectivity index is 1.60. The summed E-state index contributed by atoms with van der Waals surface area (Å²) in [5.74, 6) is 0.655. The molecule has 2 aromatic heterocycles. The second kappa shape index (κ2) is 9.06. The van der Waals surface area contributed by atoms with Gasteiger partial charge in [-0.1, -0.05) is 41.4 Å². The van der Waals surface area contributed by atoms with Gasteiger partial charge in [0.25, 0.3) is 5.91 Å². The molecule has 35 heavy (non-hydrogen) atoms. The number of halogens is 3. The summed E-state index contributed by atoms with van der Waals surface area (Å²) in [6, 6.07) is 13.6. The third-order valence-electron chi connectivity index (χ3n) is 6.13. The van der Waals surface area contributed by atoms with Crippen LogP contribution in [0, 0.1) is 12.7 Å². The van der Waals surface area contributed by atoms with Gasteiger partial charge in [0, 0.05) is 37.2 Å². The van der Waals surface area contributed by atoms with Crippen LogP contribution in [0.15, 0.2) is 48.5 Å². The second-order valence-electron chi connectivity index (χ2n) is 8.67. The van der Waals surface area contributed by atoms with Crippen LogP contribution in [-0.2, 0) is 0 Å². The maximum atomic E-state index is 13.8. The number of pyridine rings is 1. The van der Waals surface area contributed by atoms with Crippen molar-refractivity contribution >= 4 is 40.4 Å². The SMILES string of the molecule is Cc1nn2c(N(C)C)c(C(=O)N[C@H]3CCOc4ccccc43)ccc2c1-c1c(Cl)cc(F)cc1Cl. The zero-order valence-corrected chi connectivity index (χ0v) is 20.9. The van der Waals surface area contributed by atoms with Crippen LogP contribution in [0.2, 0.25) is 10.0 Å². The van der Waals surface area contributed by atoms with E-state index in [0.717, 1.165) is 11.3 Å². The van der Waals surface area contributed by atoms with Gasteiger partial charge in [0.2, 0.25) is 0 Å². The highest BCUT2D eigenvalue weighted by atomic mass is 35.5. The molecule has 2 aromatic carbocycles. The molecule has 1 amide bonds. The topological polar surface area (TPSA) is 58.9 Å². The van der Waals surface area contributed by atoms with Gasteiger partial charge in [0.1, 0.15) is 17.4 Å². The summed E-state index contributed by atoms with van der Waals surface area (Å²) in [5.41, 5.74) is 3.97. The van der Waals surface area contributed by atoms with Gasteiger partial charge in [-0.05, 0) is 37.3 Å². The fourth-order valence-electron chi connectivity index (χ4n) is 4.64. The van der Waals surface area contributed by atoms with Crippen molar-refractivity contribution in [2.75, 3.05) is 25.6 Å². The Kier molecular flexibility index (Phi) is 6.07. The van der Waals surface area contributed by atoms with E-state index in [-0.39, 0.29) is 22.0 Å². The van der Waals surface area contributed by atoms with Gasteiger partial charge in [-0.25, -0.2) is 8.91 Å². The molecule has 0 unspecified atom stereocenters. The number of para-hydroxylation sites is 1.